The number of hydrazine groups is 1. The molecule has 4 heterocycles. The summed E-state index contributed by atoms with van der Waals surface area (Å²) in [5, 5.41) is 16.6. The molecular weight excluding hydrogens is 379 g/mol. The minimum atomic E-state index is -1.66. The summed E-state index contributed by atoms with van der Waals surface area (Å²) in [6.45, 7) is 3.64. The lowest BCUT2D eigenvalue weighted by atomic mass is 10.1. The Balaban J connectivity index is 1.60. The van der Waals surface area contributed by atoms with Gasteiger partial charge in [0.15, 0.2) is 18.2 Å². The van der Waals surface area contributed by atoms with E-state index < -0.39 is 18.2 Å². The molecule has 1 aromatic carbocycles. The minimum Gasteiger partial charge on any atom is -0.371 e. The highest BCUT2D eigenvalue weighted by Crippen LogP contribution is 2.48. The molecule has 2 unspecified atom stereocenters. The van der Waals surface area contributed by atoms with Crippen LogP contribution >= 0.6 is 0 Å². The van der Waals surface area contributed by atoms with Gasteiger partial charge in [-0.3, -0.25) is 4.90 Å². The number of methoxy groups -OCH3 is 1. The fraction of sp³-hybridized carbons (Fsp3) is 0.333. The minimum absolute atomic E-state index is 0.155. The average Bonchev–Trinajstić information content (AvgIpc) is 3.44. The van der Waals surface area contributed by atoms with Crippen LogP contribution in [0.3, 0.4) is 0 Å². The van der Waals surface area contributed by atoms with Crippen LogP contribution in [0, 0.1) is 11.5 Å². The highest BCUT2D eigenvalue weighted by atomic mass is 19.1. The van der Waals surface area contributed by atoms with Crippen molar-refractivity contribution in [3.8, 4) is 6.19 Å². The van der Waals surface area contributed by atoms with Crippen LogP contribution in [0.2, 0.25) is 0 Å². The lowest BCUT2D eigenvalue weighted by Crippen LogP contribution is -2.48. The zero-order valence-corrected chi connectivity index (χ0v) is 15.9. The Labute approximate surface area is 165 Å². The summed E-state index contributed by atoms with van der Waals surface area (Å²) in [7, 11) is 1.56. The number of rotatable bonds is 3. The number of hydrogen-bond donors (Lipinski definition) is 0. The molecule has 11 heteroatoms. The van der Waals surface area contributed by atoms with E-state index >= 15 is 4.39 Å². The number of alkyl halides is 1. The van der Waals surface area contributed by atoms with Crippen LogP contribution in [0.25, 0.3) is 0 Å². The van der Waals surface area contributed by atoms with Crippen LogP contribution in [0.4, 0.5) is 16.1 Å². The Morgan fingerprint density at radius 2 is 2.10 bits per heavy atom. The zero-order valence-electron chi connectivity index (χ0n) is 15.9. The Hall–Kier alpha value is -3.65. The van der Waals surface area contributed by atoms with E-state index in [0.29, 0.717) is 17.3 Å². The van der Waals surface area contributed by atoms with E-state index in [1.165, 1.54) is 11.1 Å². The van der Waals surface area contributed by atoms with Gasteiger partial charge in [0.05, 0.1) is 11.9 Å². The maximum atomic E-state index is 15.0. The van der Waals surface area contributed by atoms with Gasteiger partial charge in [0.1, 0.15) is 11.9 Å². The van der Waals surface area contributed by atoms with E-state index in [1.54, 1.807) is 29.5 Å². The van der Waals surface area contributed by atoms with Crippen LogP contribution < -0.4 is 9.91 Å². The molecule has 0 radical (unpaired) electrons. The average molecular weight is 396 g/mol. The van der Waals surface area contributed by atoms with Gasteiger partial charge < -0.3 is 9.26 Å². The molecule has 0 amide bonds. The molecule has 0 bridgehead atoms. The second-order valence-corrected chi connectivity index (χ2v) is 7.18. The molecule has 0 fully saturated rings. The van der Waals surface area contributed by atoms with Crippen molar-refractivity contribution in [2.24, 2.45) is 4.99 Å². The Kier molecular flexibility index (Phi) is 3.56. The number of anilines is 2. The lowest BCUT2D eigenvalue weighted by Gasteiger charge is -2.41. The van der Waals surface area contributed by atoms with Crippen molar-refractivity contribution in [2.45, 2.75) is 32.0 Å². The predicted molar refractivity (Wildman–Crippen MR) is 99.2 cm³/mol. The first-order valence-corrected chi connectivity index (χ1v) is 8.89. The van der Waals surface area contributed by atoms with E-state index in [9.17, 15) is 5.26 Å². The number of hydrogen-bond acceptors (Lipinski definition) is 10. The van der Waals surface area contributed by atoms with Crippen molar-refractivity contribution >= 4 is 18.0 Å². The van der Waals surface area contributed by atoms with Crippen LogP contribution in [0.1, 0.15) is 31.4 Å². The van der Waals surface area contributed by atoms with Crippen LogP contribution in [0.15, 0.2) is 45.8 Å². The second kappa shape index (κ2) is 5.92. The van der Waals surface area contributed by atoms with Gasteiger partial charge in [-0.1, -0.05) is 23.4 Å². The summed E-state index contributed by atoms with van der Waals surface area (Å²) in [5.74, 6) is 0.800. The van der Waals surface area contributed by atoms with E-state index in [-0.39, 0.29) is 6.01 Å². The first-order valence-electron chi connectivity index (χ1n) is 8.89. The summed E-state index contributed by atoms with van der Waals surface area (Å²) in [5.41, 5.74) is 0.700. The van der Waals surface area contributed by atoms with Crippen molar-refractivity contribution < 1.29 is 13.7 Å². The third-order valence-electron chi connectivity index (χ3n) is 5.21. The number of para-hydroxylation sites is 1. The molecule has 3 aliphatic heterocycles. The molecule has 29 heavy (non-hydrogen) atoms. The number of aliphatic imine (C=N–C) groups is 1. The smallest absolute Gasteiger partial charge is 0.348 e. The van der Waals surface area contributed by atoms with Gasteiger partial charge in [-0.05, 0) is 19.9 Å². The predicted octanol–water partition coefficient (Wildman–Crippen LogP) is 2.38. The number of benzene rings is 1. The summed E-state index contributed by atoms with van der Waals surface area (Å²) >= 11 is 0. The molecular formula is C18H17FN8O2. The van der Waals surface area contributed by atoms with Crippen molar-refractivity contribution in [3.05, 3.63) is 47.7 Å². The molecule has 0 aliphatic carbocycles. The maximum absolute atomic E-state index is 15.0. The molecule has 5 rings (SSSR count). The summed E-state index contributed by atoms with van der Waals surface area (Å²) in [4.78, 5) is 11.4. The van der Waals surface area contributed by atoms with Crippen LogP contribution in [-0.2, 0) is 10.3 Å². The maximum Gasteiger partial charge on any atom is 0.348 e. The van der Waals surface area contributed by atoms with E-state index in [1.807, 2.05) is 38.2 Å². The number of fused-ring (bicyclic) bond motifs is 6. The van der Waals surface area contributed by atoms with Gasteiger partial charge in [0.25, 0.3) is 6.42 Å². The quantitative estimate of drug-likeness (QED) is 0.572. The largest absolute Gasteiger partial charge is 0.371 e. The number of aromatic nitrogens is 2. The molecule has 0 saturated carbocycles. The fourth-order valence-electron chi connectivity index (χ4n) is 3.49. The normalized spacial score (nSPS) is 22.4. The standard InChI is InChI=1S/C18H17FN8O2/c1-18(2,28-3)15-22-17(29-23-15)25-10-21-14-11-6-4-5-7-12(11)26-13(27(14)25)8-24(9-20)16(26)19/h4-8,10,14,16H,1-3H3. The molecule has 148 valence electrons. The van der Waals surface area contributed by atoms with E-state index in [2.05, 4.69) is 15.1 Å². The number of ether oxygens (including phenoxy) is 1. The van der Waals surface area contributed by atoms with Gasteiger partial charge in [0.2, 0.25) is 5.82 Å². The molecule has 0 saturated heterocycles. The number of nitriles is 1. The van der Waals surface area contributed by atoms with Crippen molar-refractivity contribution in [2.75, 3.05) is 17.0 Å². The van der Waals surface area contributed by atoms with Gasteiger partial charge >= 0.3 is 6.01 Å². The highest BCUT2D eigenvalue weighted by molar-refractivity contribution is 5.79. The third kappa shape index (κ3) is 2.32. The first-order chi connectivity index (χ1) is 14.0. The van der Waals surface area contributed by atoms with Crippen LogP contribution in [0.5, 0.6) is 0 Å². The summed E-state index contributed by atoms with van der Waals surface area (Å²) in [6, 6.07) is 7.52. The number of nitrogens with zero attached hydrogens (tertiary/aromatic N) is 8. The molecule has 0 spiro atoms. The van der Waals surface area contributed by atoms with Crippen molar-refractivity contribution in [3.63, 3.8) is 0 Å². The number of halogens is 1. The lowest BCUT2D eigenvalue weighted by molar-refractivity contribution is 0.00973. The highest BCUT2D eigenvalue weighted by Gasteiger charge is 2.49. The molecule has 1 aromatic heterocycles. The molecule has 3 aliphatic rings. The van der Waals surface area contributed by atoms with Crippen molar-refractivity contribution in [1.29, 1.82) is 5.26 Å². The molecule has 10 nitrogen and oxygen atoms in total. The molecule has 2 aromatic rings. The Bertz CT molecular complexity index is 1070. The second-order valence-electron chi connectivity index (χ2n) is 7.18. The van der Waals surface area contributed by atoms with Gasteiger partial charge in [-0.15, -0.1) is 0 Å². The Morgan fingerprint density at radius 1 is 1.31 bits per heavy atom. The topological polar surface area (TPSA) is 97.3 Å². The van der Waals surface area contributed by atoms with Gasteiger partial charge in [-0.25, -0.2) is 14.9 Å². The van der Waals surface area contributed by atoms with E-state index in [4.69, 9.17) is 9.26 Å². The van der Waals surface area contributed by atoms with E-state index in [0.717, 1.165) is 10.5 Å². The monoisotopic (exact) mass is 396 g/mol. The first kappa shape index (κ1) is 17.4. The molecule has 2 atom stereocenters. The third-order valence-corrected chi connectivity index (χ3v) is 5.21. The summed E-state index contributed by atoms with van der Waals surface area (Å²) in [6.07, 6.45) is 2.72. The zero-order chi connectivity index (χ0) is 20.3. The van der Waals surface area contributed by atoms with Crippen molar-refractivity contribution in [1.82, 2.24) is 20.0 Å². The fourth-order valence-corrected chi connectivity index (χ4v) is 3.49. The molecule has 0 N–H and O–H groups in total. The summed E-state index contributed by atoms with van der Waals surface area (Å²) < 4.78 is 25.9. The van der Waals surface area contributed by atoms with Gasteiger partial charge in [0, 0.05) is 12.7 Å². The Morgan fingerprint density at radius 3 is 2.86 bits per heavy atom. The van der Waals surface area contributed by atoms with Gasteiger partial charge in [-0.2, -0.15) is 19.6 Å². The SMILES string of the molecule is COC(C)(C)c1noc(N2C=NC3c4ccccc4N4C(=CN(C#N)C4F)N32)n1. The van der Waals surface area contributed by atoms with Crippen LogP contribution in [-0.4, -0.2) is 39.9 Å².